The van der Waals surface area contributed by atoms with E-state index in [1.54, 1.807) is 12.1 Å². The van der Waals surface area contributed by atoms with Gasteiger partial charge in [0.05, 0.1) is 12.8 Å². The van der Waals surface area contributed by atoms with Crippen molar-refractivity contribution in [1.82, 2.24) is 0 Å². The smallest absolute Gasteiger partial charge is 0.269 e. The van der Waals surface area contributed by atoms with Gasteiger partial charge in [0.15, 0.2) is 0 Å². The normalized spacial score (nSPS) is 10.4. The molecule has 24 heavy (non-hydrogen) atoms. The van der Waals surface area contributed by atoms with E-state index in [2.05, 4.69) is 5.32 Å². The summed E-state index contributed by atoms with van der Waals surface area (Å²) < 4.78 is 5.34. The van der Waals surface area contributed by atoms with Gasteiger partial charge in [-0.25, -0.2) is 0 Å². The predicted molar refractivity (Wildman–Crippen MR) is 97.1 cm³/mol. The molecule has 3 rings (SSSR count). The number of aryl methyl sites for hydroxylation is 1. The highest BCUT2D eigenvalue weighted by molar-refractivity contribution is 7.17. The number of phenolic OH excluding ortho intramolecular Hbond substituents is 1. The molecule has 1 amide bonds. The fraction of sp³-hybridized carbons (Fsp3) is 0.105. The van der Waals surface area contributed by atoms with Crippen molar-refractivity contribution in [2.75, 3.05) is 12.4 Å². The molecule has 1 heterocycles. The topological polar surface area (TPSA) is 58.6 Å². The number of benzene rings is 2. The van der Waals surface area contributed by atoms with Crippen molar-refractivity contribution in [2.45, 2.75) is 6.92 Å². The van der Waals surface area contributed by atoms with E-state index in [4.69, 9.17) is 4.74 Å². The van der Waals surface area contributed by atoms with Crippen LogP contribution < -0.4 is 10.1 Å². The van der Waals surface area contributed by atoms with Gasteiger partial charge >= 0.3 is 0 Å². The lowest BCUT2D eigenvalue weighted by atomic mass is 10.2. The van der Waals surface area contributed by atoms with Crippen molar-refractivity contribution >= 4 is 22.9 Å². The maximum Gasteiger partial charge on any atom is 0.269 e. The molecule has 0 saturated carbocycles. The fourth-order valence-electron chi connectivity index (χ4n) is 2.36. The summed E-state index contributed by atoms with van der Waals surface area (Å²) in [6.45, 7) is 1.87. The second kappa shape index (κ2) is 6.76. The molecular weight excluding hydrogens is 322 g/mol. The van der Waals surface area contributed by atoms with E-state index < -0.39 is 0 Å². The molecule has 0 fully saturated rings. The lowest BCUT2D eigenvalue weighted by molar-refractivity contribution is 0.102. The standard InChI is InChI=1S/C19H17NO3S/c1-12-8-9-14(15(21)10-12)20-19(22)18-16(23-2)11-17(24-18)13-6-4-3-5-7-13/h3-11,21H,1-2H3,(H,20,22). The Labute approximate surface area is 144 Å². The van der Waals surface area contributed by atoms with Gasteiger partial charge in [-0.1, -0.05) is 36.4 Å². The highest BCUT2D eigenvalue weighted by Gasteiger charge is 2.19. The Morgan fingerprint density at radius 1 is 1.12 bits per heavy atom. The first-order valence-electron chi connectivity index (χ1n) is 7.42. The molecule has 5 heteroatoms. The van der Waals surface area contributed by atoms with Crippen LogP contribution in [0.25, 0.3) is 10.4 Å². The van der Waals surface area contributed by atoms with Gasteiger partial charge in [0.2, 0.25) is 0 Å². The van der Waals surface area contributed by atoms with Gasteiger partial charge in [-0.2, -0.15) is 0 Å². The van der Waals surface area contributed by atoms with Crippen LogP contribution in [0, 0.1) is 6.92 Å². The number of methoxy groups -OCH3 is 1. The lowest BCUT2D eigenvalue weighted by Gasteiger charge is -2.08. The number of hydrogen-bond donors (Lipinski definition) is 2. The van der Waals surface area contributed by atoms with Crippen LogP contribution in [0.2, 0.25) is 0 Å². The zero-order valence-corrected chi connectivity index (χ0v) is 14.2. The van der Waals surface area contributed by atoms with Crippen LogP contribution in [0.5, 0.6) is 11.5 Å². The molecule has 122 valence electrons. The molecule has 2 N–H and O–H groups in total. The summed E-state index contributed by atoms with van der Waals surface area (Å²) in [6, 6.07) is 16.8. The highest BCUT2D eigenvalue weighted by Crippen LogP contribution is 2.37. The molecular formula is C19H17NO3S. The lowest BCUT2D eigenvalue weighted by Crippen LogP contribution is -2.11. The summed E-state index contributed by atoms with van der Waals surface area (Å²) in [5.74, 6) is 0.253. The molecule has 0 aliphatic heterocycles. The minimum Gasteiger partial charge on any atom is -0.506 e. The van der Waals surface area contributed by atoms with E-state index in [1.807, 2.05) is 49.4 Å². The zero-order valence-electron chi connectivity index (χ0n) is 13.4. The summed E-state index contributed by atoms with van der Waals surface area (Å²) >= 11 is 1.35. The van der Waals surface area contributed by atoms with Gasteiger partial charge in [0.1, 0.15) is 16.4 Å². The Bertz CT molecular complexity index is 872. The third kappa shape index (κ3) is 3.26. The Morgan fingerprint density at radius 2 is 1.88 bits per heavy atom. The Hall–Kier alpha value is -2.79. The molecule has 0 saturated heterocycles. The fourth-order valence-corrected chi connectivity index (χ4v) is 3.38. The summed E-state index contributed by atoms with van der Waals surface area (Å²) in [5.41, 5.74) is 2.32. The second-order valence-electron chi connectivity index (χ2n) is 5.35. The average Bonchev–Trinajstić information content (AvgIpc) is 3.02. The third-order valence-electron chi connectivity index (χ3n) is 3.58. The number of carbonyl (C=O) groups excluding carboxylic acids is 1. The summed E-state index contributed by atoms with van der Waals surface area (Å²) in [7, 11) is 1.54. The van der Waals surface area contributed by atoms with E-state index in [1.165, 1.54) is 18.4 Å². The largest absolute Gasteiger partial charge is 0.506 e. The second-order valence-corrected chi connectivity index (χ2v) is 6.40. The first kappa shape index (κ1) is 16.1. The molecule has 1 aromatic heterocycles. The zero-order chi connectivity index (χ0) is 17.1. The van der Waals surface area contributed by atoms with Crippen LogP contribution in [0.4, 0.5) is 5.69 Å². The Morgan fingerprint density at radius 3 is 2.54 bits per heavy atom. The molecule has 3 aromatic rings. The summed E-state index contributed by atoms with van der Waals surface area (Å²) in [4.78, 5) is 14.0. The van der Waals surface area contributed by atoms with Crippen LogP contribution in [-0.2, 0) is 0 Å². The third-order valence-corrected chi connectivity index (χ3v) is 4.75. The minimum atomic E-state index is -0.307. The van der Waals surface area contributed by atoms with Crippen LogP contribution >= 0.6 is 11.3 Å². The van der Waals surface area contributed by atoms with Gasteiger partial charge in [-0.3, -0.25) is 4.79 Å². The Balaban J connectivity index is 1.90. The molecule has 0 radical (unpaired) electrons. The van der Waals surface area contributed by atoms with Crippen LogP contribution in [-0.4, -0.2) is 18.1 Å². The molecule has 0 atom stereocenters. The predicted octanol–water partition coefficient (Wildman–Crippen LogP) is 4.69. The van der Waals surface area contributed by atoms with Gasteiger partial charge in [0.25, 0.3) is 5.91 Å². The van der Waals surface area contributed by atoms with E-state index in [0.29, 0.717) is 16.3 Å². The molecule has 2 aromatic carbocycles. The molecule has 0 bridgehead atoms. The number of thiophene rings is 1. The minimum absolute atomic E-state index is 0.0437. The van der Waals surface area contributed by atoms with Crippen molar-refractivity contribution in [2.24, 2.45) is 0 Å². The quantitative estimate of drug-likeness (QED) is 0.678. The van der Waals surface area contributed by atoms with Crippen LogP contribution in [0.3, 0.4) is 0 Å². The number of amides is 1. The van der Waals surface area contributed by atoms with Crippen LogP contribution in [0.1, 0.15) is 15.2 Å². The van der Waals surface area contributed by atoms with Crippen molar-refractivity contribution in [3.05, 3.63) is 65.0 Å². The number of anilines is 1. The van der Waals surface area contributed by atoms with E-state index in [-0.39, 0.29) is 11.7 Å². The number of rotatable bonds is 4. The monoisotopic (exact) mass is 339 g/mol. The van der Waals surface area contributed by atoms with Crippen molar-refractivity contribution in [1.29, 1.82) is 0 Å². The molecule has 0 spiro atoms. The average molecular weight is 339 g/mol. The van der Waals surface area contributed by atoms with Crippen molar-refractivity contribution in [3.8, 4) is 21.9 Å². The van der Waals surface area contributed by atoms with Gasteiger partial charge in [-0.05, 0) is 36.2 Å². The maximum absolute atomic E-state index is 12.6. The molecule has 0 aliphatic carbocycles. The molecule has 4 nitrogen and oxygen atoms in total. The number of hydrogen-bond acceptors (Lipinski definition) is 4. The number of phenols is 1. The number of nitrogens with one attached hydrogen (secondary N) is 1. The Kier molecular flexibility index (Phi) is 4.53. The first-order valence-corrected chi connectivity index (χ1v) is 8.24. The number of aromatic hydroxyl groups is 1. The summed E-state index contributed by atoms with van der Waals surface area (Å²) in [6.07, 6.45) is 0. The number of ether oxygens (including phenoxy) is 1. The van der Waals surface area contributed by atoms with Gasteiger partial charge in [-0.15, -0.1) is 11.3 Å². The number of carbonyl (C=O) groups is 1. The molecule has 0 aliphatic rings. The van der Waals surface area contributed by atoms with Crippen LogP contribution in [0.15, 0.2) is 54.6 Å². The van der Waals surface area contributed by atoms with E-state index in [0.717, 1.165) is 16.0 Å². The highest BCUT2D eigenvalue weighted by atomic mass is 32.1. The molecule has 0 unspecified atom stereocenters. The van der Waals surface area contributed by atoms with Gasteiger partial charge in [0, 0.05) is 4.88 Å². The van der Waals surface area contributed by atoms with Gasteiger partial charge < -0.3 is 15.2 Å². The van der Waals surface area contributed by atoms with E-state index in [9.17, 15) is 9.90 Å². The van der Waals surface area contributed by atoms with Crippen molar-refractivity contribution in [3.63, 3.8) is 0 Å². The summed E-state index contributed by atoms with van der Waals surface area (Å²) in [5, 5.41) is 12.7. The SMILES string of the molecule is COc1cc(-c2ccccc2)sc1C(=O)Nc1ccc(C)cc1O. The maximum atomic E-state index is 12.6. The van der Waals surface area contributed by atoms with E-state index >= 15 is 0 Å². The van der Waals surface area contributed by atoms with Crippen molar-refractivity contribution < 1.29 is 14.6 Å². The first-order chi connectivity index (χ1) is 11.6.